The maximum atomic E-state index is 13.3. The van der Waals surface area contributed by atoms with Crippen LogP contribution in [0.1, 0.15) is 31.0 Å². The van der Waals surface area contributed by atoms with Crippen molar-refractivity contribution in [1.82, 2.24) is 20.0 Å². The van der Waals surface area contributed by atoms with Crippen molar-refractivity contribution in [3.63, 3.8) is 0 Å². The van der Waals surface area contributed by atoms with Crippen LogP contribution >= 0.6 is 0 Å². The van der Waals surface area contributed by atoms with E-state index in [0.29, 0.717) is 12.5 Å². The summed E-state index contributed by atoms with van der Waals surface area (Å²) in [5, 5.41) is 8.46. The molecular formula is C22H25FN4O. The normalized spacial score (nSPS) is 18.0. The average molecular weight is 380 g/mol. The van der Waals surface area contributed by atoms with Gasteiger partial charge in [-0.3, -0.25) is 9.69 Å². The van der Waals surface area contributed by atoms with E-state index in [1.807, 2.05) is 6.92 Å². The van der Waals surface area contributed by atoms with Crippen LogP contribution in [0.5, 0.6) is 0 Å². The Labute approximate surface area is 164 Å². The Kier molecular flexibility index (Phi) is 4.89. The summed E-state index contributed by atoms with van der Waals surface area (Å²) in [5.74, 6) is 0.270. The van der Waals surface area contributed by atoms with Gasteiger partial charge in [0, 0.05) is 25.0 Å². The first-order chi connectivity index (χ1) is 13.4. The molecule has 1 unspecified atom stereocenters. The zero-order valence-corrected chi connectivity index (χ0v) is 16.4. The zero-order valence-electron chi connectivity index (χ0n) is 16.4. The van der Waals surface area contributed by atoms with Gasteiger partial charge in [-0.25, -0.2) is 9.07 Å². The van der Waals surface area contributed by atoms with Crippen LogP contribution in [0, 0.1) is 18.7 Å². The lowest BCUT2D eigenvalue weighted by molar-refractivity contribution is -0.129. The number of aryl methyl sites for hydroxylation is 1. The van der Waals surface area contributed by atoms with Crippen LogP contribution in [0.25, 0.3) is 16.6 Å². The number of hydrogen-bond donors (Lipinski definition) is 1. The van der Waals surface area contributed by atoms with Crippen LogP contribution < -0.4 is 5.32 Å². The Morgan fingerprint density at radius 2 is 2.00 bits per heavy atom. The van der Waals surface area contributed by atoms with Crippen molar-refractivity contribution in [2.24, 2.45) is 5.92 Å². The number of nitrogens with one attached hydrogen (secondary N) is 1. The van der Waals surface area contributed by atoms with Crippen molar-refractivity contribution in [2.75, 3.05) is 19.6 Å². The van der Waals surface area contributed by atoms with E-state index >= 15 is 0 Å². The number of carbonyl (C=O) groups excluding carboxylic acids is 1. The lowest BCUT2D eigenvalue weighted by atomic mass is 9.95. The molecular weight excluding hydrogens is 355 g/mol. The number of halogens is 1. The van der Waals surface area contributed by atoms with E-state index in [4.69, 9.17) is 0 Å². The molecule has 3 aromatic rings. The molecule has 1 saturated heterocycles. The lowest BCUT2D eigenvalue weighted by Gasteiger charge is -2.37. The van der Waals surface area contributed by atoms with Crippen LogP contribution in [-0.2, 0) is 4.79 Å². The monoisotopic (exact) mass is 380 g/mol. The molecule has 1 N–H and O–H groups in total. The molecule has 4 rings (SSSR count). The average Bonchev–Trinajstić information content (AvgIpc) is 3.04. The summed E-state index contributed by atoms with van der Waals surface area (Å²) < 4.78 is 15.1. The van der Waals surface area contributed by atoms with Crippen molar-refractivity contribution < 1.29 is 9.18 Å². The summed E-state index contributed by atoms with van der Waals surface area (Å²) in [6, 6.07) is 10.1. The van der Waals surface area contributed by atoms with Gasteiger partial charge in [-0.15, -0.1) is 0 Å². The van der Waals surface area contributed by atoms with Crippen molar-refractivity contribution >= 4 is 16.8 Å². The highest BCUT2D eigenvalue weighted by Crippen LogP contribution is 2.31. The number of nitrogens with zero attached hydrogens (tertiary/aromatic N) is 3. The number of piperazine rings is 1. The summed E-state index contributed by atoms with van der Waals surface area (Å²) in [6.07, 6.45) is 1.80. The molecule has 1 fully saturated rings. The van der Waals surface area contributed by atoms with Crippen molar-refractivity contribution in [3.05, 3.63) is 59.5 Å². The molecule has 0 aliphatic carbocycles. The molecule has 6 heteroatoms. The van der Waals surface area contributed by atoms with E-state index < -0.39 is 0 Å². The molecule has 146 valence electrons. The van der Waals surface area contributed by atoms with Crippen molar-refractivity contribution in [3.8, 4) is 5.69 Å². The molecule has 1 atom stereocenters. The smallest absolute Gasteiger partial charge is 0.242 e. The maximum absolute atomic E-state index is 13.3. The number of fused-ring (bicyclic) bond motifs is 1. The van der Waals surface area contributed by atoms with Gasteiger partial charge in [0.05, 0.1) is 17.4 Å². The second kappa shape index (κ2) is 7.36. The highest BCUT2D eigenvalue weighted by atomic mass is 19.1. The van der Waals surface area contributed by atoms with Crippen molar-refractivity contribution in [2.45, 2.75) is 26.8 Å². The van der Waals surface area contributed by atoms with Gasteiger partial charge in [0.25, 0.3) is 0 Å². The molecule has 2 heterocycles. The zero-order chi connectivity index (χ0) is 19.8. The second-order valence-electron chi connectivity index (χ2n) is 7.88. The Morgan fingerprint density at radius 1 is 1.25 bits per heavy atom. The number of hydrogen-bond acceptors (Lipinski definition) is 3. The number of amides is 1. The number of aromatic nitrogens is 2. The van der Waals surface area contributed by atoms with Gasteiger partial charge in [-0.1, -0.05) is 13.8 Å². The van der Waals surface area contributed by atoms with Gasteiger partial charge in [0.1, 0.15) is 11.9 Å². The summed E-state index contributed by atoms with van der Waals surface area (Å²) in [6.45, 7) is 8.79. The standard InChI is InChI=1S/C22H25FN4O/c1-14(2)13-26-9-8-24-22(28)21(26)19-11-16-12-25-27(20(16)10-15(19)3)18-6-4-17(23)5-7-18/h4-7,10-12,14,21H,8-9,13H2,1-3H3,(H,24,28). The third-order valence-corrected chi connectivity index (χ3v) is 5.23. The van der Waals surface area contributed by atoms with Crippen LogP contribution in [0.15, 0.2) is 42.6 Å². The van der Waals surface area contributed by atoms with E-state index in [9.17, 15) is 9.18 Å². The quantitative estimate of drug-likeness (QED) is 0.752. The summed E-state index contributed by atoms with van der Waals surface area (Å²) in [5.41, 5.74) is 3.82. The van der Waals surface area contributed by atoms with E-state index in [1.54, 1.807) is 23.0 Å². The molecule has 0 bridgehead atoms. The highest BCUT2D eigenvalue weighted by molar-refractivity contribution is 5.88. The molecule has 1 aromatic heterocycles. The Hall–Kier alpha value is -2.73. The Balaban J connectivity index is 1.77. The van der Waals surface area contributed by atoms with Crippen LogP contribution in [0.2, 0.25) is 0 Å². The molecule has 1 aliphatic rings. The van der Waals surface area contributed by atoms with Crippen LogP contribution in [0.3, 0.4) is 0 Å². The van der Waals surface area contributed by atoms with E-state index in [-0.39, 0.29) is 17.8 Å². The minimum absolute atomic E-state index is 0.0558. The van der Waals surface area contributed by atoms with Gasteiger partial charge >= 0.3 is 0 Å². The molecule has 2 aromatic carbocycles. The minimum Gasteiger partial charge on any atom is -0.353 e. The number of rotatable bonds is 4. The minimum atomic E-state index is -0.283. The fourth-order valence-corrected chi connectivity index (χ4v) is 4.00. The molecule has 0 spiro atoms. The molecule has 0 radical (unpaired) electrons. The van der Waals surface area contributed by atoms with Crippen molar-refractivity contribution in [1.29, 1.82) is 0 Å². The summed E-state index contributed by atoms with van der Waals surface area (Å²) >= 11 is 0. The van der Waals surface area contributed by atoms with Gasteiger partial charge in [0.2, 0.25) is 5.91 Å². The van der Waals surface area contributed by atoms with Gasteiger partial charge in [-0.05, 0) is 60.4 Å². The van der Waals surface area contributed by atoms with E-state index in [2.05, 4.69) is 41.3 Å². The van der Waals surface area contributed by atoms with E-state index in [1.165, 1.54) is 12.1 Å². The van der Waals surface area contributed by atoms with Crippen LogP contribution in [0.4, 0.5) is 4.39 Å². The SMILES string of the molecule is Cc1cc2c(cnn2-c2ccc(F)cc2)cc1C1C(=O)NCCN1CC(C)C. The summed E-state index contributed by atoms with van der Waals surface area (Å²) in [7, 11) is 0. The fraction of sp³-hybridized carbons (Fsp3) is 0.364. The highest BCUT2D eigenvalue weighted by Gasteiger charge is 2.32. The number of benzene rings is 2. The predicted molar refractivity (Wildman–Crippen MR) is 108 cm³/mol. The van der Waals surface area contributed by atoms with Gasteiger partial charge < -0.3 is 5.32 Å². The van der Waals surface area contributed by atoms with Gasteiger partial charge in [0.15, 0.2) is 0 Å². The summed E-state index contributed by atoms with van der Waals surface area (Å²) in [4.78, 5) is 15.0. The molecule has 5 nitrogen and oxygen atoms in total. The van der Waals surface area contributed by atoms with Gasteiger partial charge in [-0.2, -0.15) is 5.10 Å². The topological polar surface area (TPSA) is 50.2 Å². The second-order valence-corrected chi connectivity index (χ2v) is 7.88. The molecule has 1 amide bonds. The first kappa shape index (κ1) is 18.6. The third-order valence-electron chi connectivity index (χ3n) is 5.23. The first-order valence-electron chi connectivity index (χ1n) is 9.70. The Bertz CT molecular complexity index is 1010. The first-order valence-corrected chi connectivity index (χ1v) is 9.70. The fourth-order valence-electron chi connectivity index (χ4n) is 4.00. The lowest BCUT2D eigenvalue weighted by Crippen LogP contribution is -2.51. The molecule has 28 heavy (non-hydrogen) atoms. The Morgan fingerprint density at radius 3 is 2.71 bits per heavy atom. The number of carbonyl (C=O) groups is 1. The molecule has 1 aliphatic heterocycles. The maximum Gasteiger partial charge on any atom is 0.242 e. The van der Waals surface area contributed by atoms with Crippen LogP contribution in [-0.4, -0.2) is 40.2 Å². The largest absolute Gasteiger partial charge is 0.353 e. The van der Waals surface area contributed by atoms with E-state index in [0.717, 1.165) is 40.8 Å². The molecule has 0 saturated carbocycles. The predicted octanol–water partition coefficient (Wildman–Crippen LogP) is 3.60. The third kappa shape index (κ3) is 3.40.